The van der Waals surface area contributed by atoms with E-state index in [4.69, 9.17) is 0 Å². The minimum absolute atomic E-state index is 0.0370. The third-order valence-electron chi connectivity index (χ3n) is 5.13. The third-order valence-corrected chi connectivity index (χ3v) is 6.67. The number of fused-ring (bicyclic) bond motifs is 1. The molecule has 0 spiro atoms. The Labute approximate surface area is 181 Å². The molecule has 6 heteroatoms. The van der Waals surface area contributed by atoms with Gasteiger partial charge in [0.2, 0.25) is 0 Å². The van der Waals surface area contributed by atoms with Crippen LogP contribution in [-0.4, -0.2) is 15.3 Å². The predicted octanol–water partition coefficient (Wildman–Crippen LogP) is 5.70. The largest absolute Gasteiger partial charge is 0.292 e. The van der Waals surface area contributed by atoms with E-state index in [0.717, 1.165) is 20.5 Å². The lowest BCUT2D eigenvalue weighted by Crippen LogP contribution is -2.24. The second-order valence-corrected chi connectivity index (χ2v) is 9.24. The van der Waals surface area contributed by atoms with Gasteiger partial charge in [-0.1, -0.05) is 46.3 Å². The van der Waals surface area contributed by atoms with Crippen LogP contribution in [0.5, 0.6) is 0 Å². The highest BCUT2D eigenvalue weighted by molar-refractivity contribution is 9.10. The first-order chi connectivity index (χ1) is 13.8. The van der Waals surface area contributed by atoms with Gasteiger partial charge in [0, 0.05) is 20.5 Å². The van der Waals surface area contributed by atoms with E-state index in [9.17, 15) is 9.59 Å². The van der Waals surface area contributed by atoms with Gasteiger partial charge in [-0.05, 0) is 49.6 Å². The number of aryl methyl sites for hydroxylation is 3. The van der Waals surface area contributed by atoms with E-state index >= 15 is 0 Å². The van der Waals surface area contributed by atoms with Crippen LogP contribution < -0.4 is 5.56 Å². The molecule has 4 nitrogen and oxygen atoms in total. The number of nitrogens with zero attached hydrogens (tertiary/aromatic N) is 2. The maximum absolute atomic E-state index is 13.3. The Balaban J connectivity index is 1.81. The van der Waals surface area contributed by atoms with Crippen LogP contribution in [0.1, 0.15) is 26.4 Å². The van der Waals surface area contributed by atoms with Crippen LogP contribution >= 0.6 is 27.3 Å². The standard InChI is InChI=1S/C23H19BrN2O2S/c1-13-4-5-17(10-14(13)2)20-15(3)29-22-21(20)23(28)26(12-25-22)11-19(27)16-6-8-18(24)9-7-16/h4-10,12H,11H2,1-3H3. The van der Waals surface area contributed by atoms with Gasteiger partial charge in [0.05, 0.1) is 18.3 Å². The number of hydrogen-bond donors (Lipinski definition) is 0. The van der Waals surface area contributed by atoms with Crippen molar-refractivity contribution < 1.29 is 4.79 Å². The molecule has 2 aromatic heterocycles. The van der Waals surface area contributed by atoms with Crippen molar-refractivity contribution in [2.75, 3.05) is 0 Å². The molecule has 0 unspecified atom stereocenters. The Morgan fingerprint density at radius 1 is 1.07 bits per heavy atom. The first-order valence-corrected chi connectivity index (χ1v) is 10.8. The number of thiophene rings is 1. The summed E-state index contributed by atoms with van der Waals surface area (Å²) in [7, 11) is 0. The lowest BCUT2D eigenvalue weighted by molar-refractivity contribution is 0.0970. The van der Waals surface area contributed by atoms with E-state index in [2.05, 4.69) is 46.9 Å². The van der Waals surface area contributed by atoms with Crippen molar-refractivity contribution in [3.05, 3.63) is 85.2 Å². The van der Waals surface area contributed by atoms with E-state index in [0.29, 0.717) is 15.8 Å². The molecule has 0 aliphatic rings. The molecule has 0 aliphatic heterocycles. The second kappa shape index (κ2) is 7.69. The molecule has 0 amide bonds. The summed E-state index contributed by atoms with van der Waals surface area (Å²) in [6.07, 6.45) is 1.47. The number of benzene rings is 2. The molecule has 0 N–H and O–H groups in total. The van der Waals surface area contributed by atoms with Gasteiger partial charge < -0.3 is 0 Å². The van der Waals surface area contributed by atoms with Gasteiger partial charge in [-0.25, -0.2) is 4.98 Å². The Kier molecular flexibility index (Phi) is 5.23. The second-order valence-electron chi connectivity index (χ2n) is 7.12. The van der Waals surface area contributed by atoms with Gasteiger partial charge in [-0.3, -0.25) is 14.2 Å². The Hall–Kier alpha value is -2.57. The number of aromatic nitrogens is 2. The average molecular weight is 467 g/mol. The summed E-state index contributed by atoms with van der Waals surface area (Å²) in [6, 6.07) is 13.3. The summed E-state index contributed by atoms with van der Waals surface area (Å²) in [5, 5.41) is 0.585. The number of carbonyl (C=O) groups excluding carboxylic acids is 1. The molecule has 4 rings (SSSR count). The molecule has 4 aromatic rings. The number of rotatable bonds is 4. The van der Waals surface area contributed by atoms with Crippen LogP contribution in [0.2, 0.25) is 0 Å². The van der Waals surface area contributed by atoms with Crippen LogP contribution in [0.25, 0.3) is 21.3 Å². The summed E-state index contributed by atoms with van der Waals surface area (Å²) in [5.41, 5.74) is 4.69. The lowest BCUT2D eigenvalue weighted by Gasteiger charge is -2.08. The zero-order valence-corrected chi connectivity index (χ0v) is 18.7. The molecular formula is C23H19BrN2O2S. The van der Waals surface area contributed by atoms with Crippen molar-refractivity contribution in [1.29, 1.82) is 0 Å². The van der Waals surface area contributed by atoms with Crippen molar-refractivity contribution in [2.24, 2.45) is 0 Å². The van der Waals surface area contributed by atoms with Crippen molar-refractivity contribution in [3.63, 3.8) is 0 Å². The van der Waals surface area contributed by atoms with Gasteiger partial charge >= 0.3 is 0 Å². The minimum Gasteiger partial charge on any atom is -0.292 e. The molecule has 2 heterocycles. The molecule has 0 radical (unpaired) electrons. The number of Topliss-reactive ketones (excluding diaryl/α,β-unsaturated/α-hetero) is 1. The molecule has 0 bridgehead atoms. The zero-order valence-electron chi connectivity index (χ0n) is 16.3. The molecule has 0 atom stereocenters. The van der Waals surface area contributed by atoms with Gasteiger partial charge in [-0.15, -0.1) is 11.3 Å². The molecule has 0 saturated carbocycles. The molecule has 146 valence electrons. The van der Waals surface area contributed by atoms with Crippen molar-refractivity contribution >= 4 is 43.3 Å². The maximum Gasteiger partial charge on any atom is 0.263 e. The number of halogens is 1. The maximum atomic E-state index is 13.3. The summed E-state index contributed by atoms with van der Waals surface area (Å²) in [6.45, 7) is 6.11. The summed E-state index contributed by atoms with van der Waals surface area (Å²) in [5.74, 6) is -0.125. The number of ketones is 1. The Bertz CT molecular complexity index is 1300. The summed E-state index contributed by atoms with van der Waals surface area (Å²) >= 11 is 4.88. The number of carbonyl (C=O) groups is 1. The van der Waals surface area contributed by atoms with Crippen molar-refractivity contribution in [3.8, 4) is 11.1 Å². The topological polar surface area (TPSA) is 52.0 Å². The van der Waals surface area contributed by atoms with Crippen LogP contribution in [-0.2, 0) is 6.54 Å². The summed E-state index contributed by atoms with van der Waals surface area (Å²) < 4.78 is 2.31. The first-order valence-electron chi connectivity index (χ1n) is 9.20. The van der Waals surface area contributed by atoms with Gasteiger partial charge in [0.15, 0.2) is 5.78 Å². The highest BCUT2D eigenvalue weighted by atomic mass is 79.9. The highest BCUT2D eigenvalue weighted by Gasteiger charge is 2.18. The van der Waals surface area contributed by atoms with Crippen molar-refractivity contribution in [2.45, 2.75) is 27.3 Å². The monoisotopic (exact) mass is 466 g/mol. The van der Waals surface area contributed by atoms with Crippen LogP contribution in [0.3, 0.4) is 0 Å². The van der Waals surface area contributed by atoms with Gasteiger partial charge in [0.25, 0.3) is 5.56 Å². The van der Waals surface area contributed by atoms with E-state index < -0.39 is 0 Å². The minimum atomic E-state index is -0.182. The van der Waals surface area contributed by atoms with Crippen LogP contribution in [0.4, 0.5) is 0 Å². The first kappa shape index (κ1) is 19.7. The molecule has 0 fully saturated rings. The molecule has 2 aromatic carbocycles. The van der Waals surface area contributed by atoms with Gasteiger partial charge in [0.1, 0.15) is 4.83 Å². The molecular weight excluding hydrogens is 448 g/mol. The Morgan fingerprint density at radius 3 is 2.48 bits per heavy atom. The molecule has 0 aliphatic carbocycles. The fraction of sp³-hybridized carbons (Fsp3) is 0.174. The normalized spacial score (nSPS) is 11.2. The van der Waals surface area contributed by atoms with E-state index in [-0.39, 0.29) is 17.9 Å². The SMILES string of the molecule is Cc1ccc(-c2c(C)sc3ncn(CC(=O)c4ccc(Br)cc4)c(=O)c23)cc1C. The van der Waals surface area contributed by atoms with Crippen LogP contribution in [0, 0.1) is 20.8 Å². The molecule has 29 heavy (non-hydrogen) atoms. The van der Waals surface area contributed by atoms with Crippen molar-refractivity contribution in [1.82, 2.24) is 9.55 Å². The third kappa shape index (κ3) is 3.70. The fourth-order valence-corrected chi connectivity index (χ4v) is 4.64. The van der Waals surface area contributed by atoms with Crippen LogP contribution in [0.15, 0.2) is 58.1 Å². The number of hydrogen-bond acceptors (Lipinski definition) is 4. The highest BCUT2D eigenvalue weighted by Crippen LogP contribution is 2.36. The predicted molar refractivity (Wildman–Crippen MR) is 122 cm³/mol. The smallest absolute Gasteiger partial charge is 0.263 e. The van der Waals surface area contributed by atoms with E-state index in [1.807, 2.05) is 25.1 Å². The van der Waals surface area contributed by atoms with E-state index in [1.54, 1.807) is 12.1 Å². The van der Waals surface area contributed by atoms with E-state index in [1.165, 1.54) is 33.4 Å². The van der Waals surface area contributed by atoms with Gasteiger partial charge in [-0.2, -0.15) is 0 Å². The zero-order chi connectivity index (χ0) is 20.7. The average Bonchev–Trinajstić information content (AvgIpc) is 3.03. The molecule has 0 saturated heterocycles. The Morgan fingerprint density at radius 2 is 1.79 bits per heavy atom. The lowest BCUT2D eigenvalue weighted by atomic mass is 9.99. The fourth-order valence-electron chi connectivity index (χ4n) is 3.38. The quantitative estimate of drug-likeness (QED) is 0.362. The summed E-state index contributed by atoms with van der Waals surface area (Å²) in [4.78, 5) is 32.2.